The highest BCUT2D eigenvalue weighted by Gasteiger charge is 2.33. The maximum atomic E-state index is 13.2. The van der Waals surface area contributed by atoms with Crippen molar-refractivity contribution in [2.45, 2.75) is 46.3 Å². The average molecular weight is 573 g/mol. The molecular formula is C28H27BrClNO3S. The number of nitrogens with zero attached hydrogens (tertiary/aromatic N) is 1. The second kappa shape index (κ2) is 10.4. The van der Waals surface area contributed by atoms with Gasteiger partial charge in [-0.3, -0.25) is 0 Å². The van der Waals surface area contributed by atoms with E-state index in [9.17, 15) is 4.79 Å². The van der Waals surface area contributed by atoms with Gasteiger partial charge in [-0.25, -0.2) is 9.78 Å². The lowest BCUT2D eigenvalue weighted by atomic mass is 9.91. The number of carbonyl (C=O) groups excluding carboxylic acids is 1. The van der Waals surface area contributed by atoms with E-state index in [1.165, 1.54) is 0 Å². The third kappa shape index (κ3) is 5.78. The van der Waals surface area contributed by atoms with Crippen LogP contribution in [-0.2, 0) is 14.3 Å². The molecule has 182 valence electrons. The molecule has 0 aliphatic rings. The van der Waals surface area contributed by atoms with Gasteiger partial charge in [-0.1, -0.05) is 51.8 Å². The molecule has 35 heavy (non-hydrogen) atoms. The molecule has 1 aromatic heterocycles. The first-order chi connectivity index (χ1) is 16.6. The molecular weight excluding hydrogens is 546 g/mol. The van der Waals surface area contributed by atoms with Crippen LogP contribution in [0.1, 0.15) is 44.9 Å². The second-order valence-electron chi connectivity index (χ2n) is 9.23. The fourth-order valence-electron chi connectivity index (χ4n) is 3.96. The summed E-state index contributed by atoms with van der Waals surface area (Å²) in [6, 6.07) is 17.8. The minimum atomic E-state index is -0.886. The summed E-state index contributed by atoms with van der Waals surface area (Å²) in [5.41, 5.74) is 4.90. The number of aryl methyl sites for hydroxylation is 1. The molecule has 4 aromatic rings. The van der Waals surface area contributed by atoms with E-state index < -0.39 is 17.7 Å². The van der Waals surface area contributed by atoms with Crippen molar-refractivity contribution in [3.05, 3.63) is 75.2 Å². The molecule has 1 atom stereocenters. The van der Waals surface area contributed by atoms with E-state index in [1.807, 2.05) is 82.3 Å². The topological polar surface area (TPSA) is 48.4 Å². The van der Waals surface area contributed by atoms with Crippen molar-refractivity contribution in [3.63, 3.8) is 0 Å². The molecule has 0 bridgehead atoms. The molecule has 1 heterocycles. The molecule has 3 aromatic carbocycles. The molecule has 0 N–H and O–H groups in total. The summed E-state index contributed by atoms with van der Waals surface area (Å²) < 4.78 is 13.8. The van der Waals surface area contributed by atoms with Crippen LogP contribution in [0.15, 0.2) is 59.1 Å². The van der Waals surface area contributed by atoms with Crippen LogP contribution < -0.4 is 0 Å². The van der Waals surface area contributed by atoms with E-state index in [-0.39, 0.29) is 6.61 Å². The normalized spacial score (nSPS) is 12.7. The number of ether oxygens (including phenoxy) is 2. The van der Waals surface area contributed by atoms with Gasteiger partial charge in [0.05, 0.1) is 22.4 Å². The summed E-state index contributed by atoms with van der Waals surface area (Å²) >= 11 is 11.3. The molecule has 0 saturated heterocycles. The van der Waals surface area contributed by atoms with E-state index in [2.05, 4.69) is 15.9 Å². The molecule has 0 saturated carbocycles. The van der Waals surface area contributed by atoms with Gasteiger partial charge in [-0.2, -0.15) is 0 Å². The third-order valence-electron chi connectivity index (χ3n) is 5.39. The van der Waals surface area contributed by atoms with Crippen LogP contribution in [0.4, 0.5) is 0 Å². The van der Waals surface area contributed by atoms with Crippen molar-refractivity contribution in [1.82, 2.24) is 4.98 Å². The summed E-state index contributed by atoms with van der Waals surface area (Å²) in [6.45, 7) is 9.88. The van der Waals surface area contributed by atoms with E-state index in [1.54, 1.807) is 18.3 Å². The number of rotatable bonds is 6. The number of benzene rings is 3. The maximum absolute atomic E-state index is 13.2. The van der Waals surface area contributed by atoms with Gasteiger partial charge < -0.3 is 9.47 Å². The van der Waals surface area contributed by atoms with E-state index in [0.29, 0.717) is 5.02 Å². The van der Waals surface area contributed by atoms with Crippen LogP contribution in [0.25, 0.3) is 31.9 Å². The Kier molecular flexibility index (Phi) is 7.67. The van der Waals surface area contributed by atoms with E-state index >= 15 is 0 Å². The largest absolute Gasteiger partial charge is 0.464 e. The van der Waals surface area contributed by atoms with Crippen LogP contribution in [0.3, 0.4) is 0 Å². The quantitative estimate of drug-likeness (QED) is 0.217. The van der Waals surface area contributed by atoms with Crippen molar-refractivity contribution >= 4 is 55.1 Å². The first-order valence-corrected chi connectivity index (χ1v) is 13.4. The van der Waals surface area contributed by atoms with Crippen molar-refractivity contribution in [2.75, 3.05) is 6.61 Å². The smallest absolute Gasteiger partial charge is 0.339 e. The zero-order chi connectivity index (χ0) is 25.3. The van der Waals surface area contributed by atoms with Crippen LogP contribution in [-0.4, -0.2) is 23.2 Å². The van der Waals surface area contributed by atoms with Gasteiger partial charge >= 0.3 is 5.97 Å². The lowest BCUT2D eigenvalue weighted by molar-refractivity contribution is -0.166. The number of hydrogen-bond acceptors (Lipinski definition) is 5. The average Bonchev–Trinajstić information content (AvgIpc) is 3.21. The van der Waals surface area contributed by atoms with Gasteiger partial charge in [0.15, 0.2) is 6.10 Å². The Labute approximate surface area is 223 Å². The zero-order valence-corrected chi connectivity index (χ0v) is 23.5. The minimum Gasteiger partial charge on any atom is -0.464 e. The molecule has 0 aliphatic carbocycles. The van der Waals surface area contributed by atoms with Crippen molar-refractivity contribution in [3.8, 4) is 21.7 Å². The molecule has 0 spiro atoms. The molecule has 7 heteroatoms. The van der Waals surface area contributed by atoms with Gasteiger partial charge in [-0.05, 0) is 76.1 Å². The van der Waals surface area contributed by atoms with Gasteiger partial charge in [0, 0.05) is 26.2 Å². The lowest BCUT2D eigenvalue weighted by Crippen LogP contribution is -2.29. The Morgan fingerprint density at radius 3 is 2.31 bits per heavy atom. The standard InChI is InChI=1S/C28H27BrClNO3S/c1-6-33-27(32)24(34-28(3,4)5)22-16(2)15-21-25(23(22)17-9-13-20(30)14-10-17)35-26(31-21)18-7-11-19(29)12-8-18/h7-15,24H,6H2,1-5H3. The lowest BCUT2D eigenvalue weighted by Gasteiger charge is -2.29. The Morgan fingerprint density at radius 1 is 1.09 bits per heavy atom. The number of fused-ring (bicyclic) bond motifs is 1. The van der Waals surface area contributed by atoms with Crippen molar-refractivity contribution in [1.29, 1.82) is 0 Å². The molecule has 4 nitrogen and oxygen atoms in total. The fourth-order valence-corrected chi connectivity index (χ4v) is 5.49. The summed E-state index contributed by atoms with van der Waals surface area (Å²) in [4.78, 5) is 18.2. The molecule has 4 rings (SSSR count). The number of thiazole rings is 1. The second-order valence-corrected chi connectivity index (χ2v) is 11.6. The van der Waals surface area contributed by atoms with Gasteiger partial charge in [0.2, 0.25) is 0 Å². The van der Waals surface area contributed by atoms with Gasteiger partial charge in [-0.15, -0.1) is 11.3 Å². The molecule has 1 unspecified atom stereocenters. The first-order valence-electron chi connectivity index (χ1n) is 11.4. The minimum absolute atomic E-state index is 0.272. The zero-order valence-electron chi connectivity index (χ0n) is 20.3. The van der Waals surface area contributed by atoms with Crippen LogP contribution >= 0.6 is 38.9 Å². The van der Waals surface area contributed by atoms with Gasteiger partial charge in [0.1, 0.15) is 5.01 Å². The predicted octanol–water partition coefficient (Wildman–Crippen LogP) is 8.77. The van der Waals surface area contributed by atoms with E-state index in [0.717, 1.165) is 47.5 Å². The SMILES string of the molecule is CCOC(=O)C(OC(C)(C)C)c1c(C)cc2nc(-c3ccc(Br)cc3)sc2c1-c1ccc(Cl)cc1. The Hall–Kier alpha value is -2.25. The Bertz CT molecular complexity index is 1360. The third-order valence-corrected chi connectivity index (χ3v) is 7.30. The van der Waals surface area contributed by atoms with Crippen molar-refractivity contribution < 1.29 is 14.3 Å². The Morgan fingerprint density at radius 2 is 1.71 bits per heavy atom. The number of halogens is 2. The summed E-state index contributed by atoms with van der Waals surface area (Å²) in [5.74, 6) is -0.405. The summed E-state index contributed by atoms with van der Waals surface area (Å²) in [7, 11) is 0. The van der Waals surface area contributed by atoms with Crippen LogP contribution in [0, 0.1) is 6.92 Å². The summed E-state index contributed by atoms with van der Waals surface area (Å²) in [5, 5.41) is 1.55. The molecule has 0 amide bonds. The predicted molar refractivity (Wildman–Crippen MR) is 148 cm³/mol. The Balaban J connectivity index is 2.02. The van der Waals surface area contributed by atoms with Crippen molar-refractivity contribution in [2.24, 2.45) is 0 Å². The number of aromatic nitrogens is 1. The summed E-state index contributed by atoms with van der Waals surface area (Å²) in [6.07, 6.45) is -0.886. The van der Waals surface area contributed by atoms with E-state index in [4.69, 9.17) is 26.1 Å². The van der Waals surface area contributed by atoms with Gasteiger partial charge in [0.25, 0.3) is 0 Å². The highest BCUT2D eigenvalue weighted by Crippen LogP contribution is 2.44. The first kappa shape index (κ1) is 25.8. The molecule has 0 aliphatic heterocycles. The fraction of sp³-hybridized carbons (Fsp3) is 0.286. The highest BCUT2D eigenvalue weighted by molar-refractivity contribution is 9.10. The molecule has 0 fully saturated rings. The van der Waals surface area contributed by atoms with Crippen LogP contribution in [0.5, 0.6) is 0 Å². The number of hydrogen-bond donors (Lipinski definition) is 0. The number of esters is 1. The van der Waals surface area contributed by atoms with Crippen LogP contribution in [0.2, 0.25) is 5.02 Å². The monoisotopic (exact) mass is 571 g/mol. The maximum Gasteiger partial charge on any atom is 0.339 e. The highest BCUT2D eigenvalue weighted by atomic mass is 79.9. The molecule has 0 radical (unpaired) electrons. The number of carbonyl (C=O) groups is 1.